The molecule has 0 spiro atoms. The highest BCUT2D eigenvalue weighted by Gasteiger charge is 2.18. The number of fused-ring (bicyclic) bond motifs is 2. The zero-order chi connectivity index (χ0) is 20.0. The Hall–Kier alpha value is -2.20. The summed E-state index contributed by atoms with van der Waals surface area (Å²) in [6, 6.07) is 13.0. The fourth-order valence-electron chi connectivity index (χ4n) is 2.85. The molecule has 5 aromatic rings. The smallest absolute Gasteiger partial charge is 0.277 e. The number of hydrogen-bond acceptors (Lipinski definition) is 7. The Morgan fingerprint density at radius 1 is 1.21 bits per heavy atom. The highest BCUT2D eigenvalue weighted by molar-refractivity contribution is 9.10. The first-order valence-corrected chi connectivity index (χ1v) is 11.4. The standard InChI is InChI=1S/C19H10BrClN4O2S2/c20-10-5-6-14-22-11(7-15(26)25(14)8-10)9-28-19-24-23-18(27-19)17-16(21)12-3-1-2-4-13(12)29-17/h1-8H,9H2. The molecule has 29 heavy (non-hydrogen) atoms. The van der Waals surface area contributed by atoms with Crippen LogP contribution >= 0.6 is 50.6 Å². The molecule has 0 unspecified atom stereocenters. The number of benzene rings is 1. The molecule has 0 aliphatic heterocycles. The zero-order valence-corrected chi connectivity index (χ0v) is 18.5. The molecule has 144 valence electrons. The third-order valence-corrected chi connectivity index (χ3v) is 7.14. The maximum Gasteiger partial charge on any atom is 0.277 e. The SMILES string of the molecule is O=c1cc(CSc2nnc(-c3sc4ccccc4c3Cl)o2)nc2ccc(Br)cn12. The van der Waals surface area contributed by atoms with Gasteiger partial charge in [-0.25, -0.2) is 4.98 Å². The number of thioether (sulfide) groups is 1. The van der Waals surface area contributed by atoms with Gasteiger partial charge in [-0.05, 0) is 34.1 Å². The number of thiophene rings is 1. The van der Waals surface area contributed by atoms with Crippen molar-refractivity contribution in [3.8, 4) is 10.8 Å². The lowest BCUT2D eigenvalue weighted by molar-refractivity contribution is 0.466. The molecule has 5 rings (SSSR count). The van der Waals surface area contributed by atoms with E-state index in [1.54, 1.807) is 12.3 Å². The van der Waals surface area contributed by atoms with Crippen molar-refractivity contribution in [2.45, 2.75) is 11.0 Å². The van der Waals surface area contributed by atoms with Gasteiger partial charge in [0.25, 0.3) is 16.7 Å². The van der Waals surface area contributed by atoms with E-state index in [2.05, 4.69) is 31.1 Å². The summed E-state index contributed by atoms with van der Waals surface area (Å²) in [6.07, 6.45) is 1.70. The summed E-state index contributed by atoms with van der Waals surface area (Å²) < 4.78 is 9.15. The molecule has 0 atom stereocenters. The number of aromatic nitrogens is 4. The van der Waals surface area contributed by atoms with Crippen LogP contribution in [0.25, 0.3) is 26.5 Å². The first-order valence-electron chi connectivity index (χ1n) is 8.40. The normalized spacial score (nSPS) is 11.5. The molecular formula is C19H10BrClN4O2S2. The van der Waals surface area contributed by atoms with Gasteiger partial charge in [-0.3, -0.25) is 9.20 Å². The highest BCUT2D eigenvalue weighted by Crippen LogP contribution is 2.41. The van der Waals surface area contributed by atoms with Gasteiger partial charge >= 0.3 is 0 Å². The third kappa shape index (κ3) is 3.59. The van der Waals surface area contributed by atoms with Crippen LogP contribution in [0, 0.1) is 0 Å². The van der Waals surface area contributed by atoms with E-state index in [0.717, 1.165) is 19.4 Å². The summed E-state index contributed by atoms with van der Waals surface area (Å²) >= 11 is 12.7. The van der Waals surface area contributed by atoms with E-state index in [4.69, 9.17) is 16.0 Å². The number of halogens is 2. The predicted molar refractivity (Wildman–Crippen MR) is 119 cm³/mol. The average Bonchev–Trinajstić information content (AvgIpc) is 3.32. The molecule has 4 heterocycles. The molecule has 0 aliphatic carbocycles. The molecule has 0 radical (unpaired) electrons. The molecule has 0 amide bonds. The van der Waals surface area contributed by atoms with E-state index < -0.39 is 0 Å². The summed E-state index contributed by atoms with van der Waals surface area (Å²) in [4.78, 5) is 17.6. The largest absolute Gasteiger partial charge is 0.410 e. The summed E-state index contributed by atoms with van der Waals surface area (Å²) in [6.45, 7) is 0. The predicted octanol–water partition coefficient (Wildman–Crippen LogP) is 5.67. The molecule has 0 saturated heterocycles. The molecule has 0 N–H and O–H groups in total. The Bertz CT molecular complexity index is 1430. The summed E-state index contributed by atoms with van der Waals surface area (Å²) in [5.41, 5.74) is 1.08. The van der Waals surface area contributed by atoms with E-state index in [9.17, 15) is 4.79 Å². The Morgan fingerprint density at radius 2 is 2.07 bits per heavy atom. The second-order valence-electron chi connectivity index (χ2n) is 6.06. The van der Waals surface area contributed by atoms with Crippen LogP contribution in [0.15, 0.2) is 67.6 Å². The Kier molecular flexibility index (Phi) is 4.91. The van der Waals surface area contributed by atoms with Crippen LogP contribution in [0.5, 0.6) is 0 Å². The lowest BCUT2D eigenvalue weighted by atomic mass is 10.2. The number of pyridine rings is 1. The monoisotopic (exact) mass is 504 g/mol. The zero-order valence-electron chi connectivity index (χ0n) is 14.5. The Morgan fingerprint density at radius 3 is 2.93 bits per heavy atom. The van der Waals surface area contributed by atoms with E-state index in [1.807, 2.05) is 30.3 Å². The summed E-state index contributed by atoms with van der Waals surface area (Å²) in [5, 5.41) is 10.2. The molecule has 0 saturated carbocycles. The lowest BCUT2D eigenvalue weighted by Gasteiger charge is -2.03. The first-order chi connectivity index (χ1) is 14.1. The van der Waals surface area contributed by atoms with Crippen molar-refractivity contribution in [1.29, 1.82) is 0 Å². The molecule has 10 heteroatoms. The van der Waals surface area contributed by atoms with Crippen molar-refractivity contribution in [2.75, 3.05) is 0 Å². The Balaban J connectivity index is 1.39. The van der Waals surface area contributed by atoms with E-state index in [1.165, 1.54) is 33.6 Å². The summed E-state index contributed by atoms with van der Waals surface area (Å²) in [5.74, 6) is 0.818. The van der Waals surface area contributed by atoms with E-state index in [-0.39, 0.29) is 5.56 Å². The van der Waals surface area contributed by atoms with E-state index >= 15 is 0 Å². The van der Waals surface area contributed by atoms with Gasteiger partial charge in [0.15, 0.2) is 0 Å². The third-order valence-electron chi connectivity index (χ3n) is 4.16. The molecule has 4 aromatic heterocycles. The second-order valence-corrected chi connectivity index (χ2v) is 9.34. The second kappa shape index (κ2) is 7.56. The quantitative estimate of drug-likeness (QED) is 0.293. The van der Waals surface area contributed by atoms with Gasteiger partial charge in [0.05, 0.1) is 10.7 Å². The van der Waals surface area contributed by atoms with Crippen molar-refractivity contribution in [1.82, 2.24) is 19.6 Å². The van der Waals surface area contributed by atoms with Gasteiger partial charge < -0.3 is 4.42 Å². The van der Waals surface area contributed by atoms with Crippen LogP contribution < -0.4 is 5.56 Å². The van der Waals surface area contributed by atoms with E-state index in [0.29, 0.717) is 33.2 Å². The van der Waals surface area contributed by atoms with Crippen molar-refractivity contribution < 1.29 is 4.42 Å². The maximum absolute atomic E-state index is 12.3. The minimum absolute atomic E-state index is 0.143. The van der Waals surface area contributed by atoms with Crippen molar-refractivity contribution >= 4 is 66.4 Å². The van der Waals surface area contributed by atoms with Crippen molar-refractivity contribution in [3.05, 3.63) is 74.2 Å². The van der Waals surface area contributed by atoms with Gasteiger partial charge in [0.2, 0.25) is 0 Å². The minimum atomic E-state index is -0.143. The highest BCUT2D eigenvalue weighted by atomic mass is 79.9. The van der Waals surface area contributed by atoms with Gasteiger partial charge in [-0.15, -0.1) is 21.5 Å². The van der Waals surface area contributed by atoms with Gasteiger partial charge in [0, 0.05) is 32.6 Å². The average molecular weight is 506 g/mol. The summed E-state index contributed by atoms with van der Waals surface area (Å²) in [7, 11) is 0. The van der Waals surface area contributed by atoms with Gasteiger partial charge in [0.1, 0.15) is 10.5 Å². The molecule has 1 aromatic carbocycles. The fourth-order valence-corrected chi connectivity index (χ4v) is 5.27. The maximum atomic E-state index is 12.3. The number of hydrogen-bond donors (Lipinski definition) is 0. The van der Waals surface area contributed by atoms with Crippen LogP contribution in [0.2, 0.25) is 5.02 Å². The molecule has 6 nitrogen and oxygen atoms in total. The first kappa shape index (κ1) is 18.8. The topological polar surface area (TPSA) is 73.3 Å². The molecule has 0 bridgehead atoms. The lowest BCUT2D eigenvalue weighted by Crippen LogP contribution is -2.15. The fraction of sp³-hybridized carbons (Fsp3) is 0.0526. The Labute approximate surface area is 185 Å². The van der Waals surface area contributed by atoms with Crippen LogP contribution in [0.4, 0.5) is 0 Å². The van der Waals surface area contributed by atoms with Crippen LogP contribution in [-0.2, 0) is 5.75 Å². The van der Waals surface area contributed by atoms with Crippen LogP contribution in [-0.4, -0.2) is 19.6 Å². The van der Waals surface area contributed by atoms with Crippen LogP contribution in [0.3, 0.4) is 0 Å². The van der Waals surface area contributed by atoms with Crippen molar-refractivity contribution in [3.63, 3.8) is 0 Å². The molecular weight excluding hydrogens is 496 g/mol. The number of nitrogens with zero attached hydrogens (tertiary/aromatic N) is 4. The minimum Gasteiger partial charge on any atom is -0.410 e. The van der Waals surface area contributed by atoms with Crippen molar-refractivity contribution in [2.24, 2.45) is 0 Å². The van der Waals surface area contributed by atoms with Crippen LogP contribution in [0.1, 0.15) is 5.69 Å². The van der Waals surface area contributed by atoms with Gasteiger partial charge in [-0.2, -0.15) is 0 Å². The van der Waals surface area contributed by atoms with Gasteiger partial charge in [-0.1, -0.05) is 41.6 Å². The molecule has 0 aliphatic rings. The number of rotatable bonds is 4. The molecule has 0 fully saturated rings.